The van der Waals surface area contributed by atoms with Crippen molar-refractivity contribution in [1.82, 2.24) is 5.32 Å². The average molecular weight is 365 g/mol. The minimum atomic E-state index is -0.0882. The van der Waals surface area contributed by atoms with Crippen LogP contribution >= 0.6 is 12.4 Å². The van der Waals surface area contributed by atoms with Gasteiger partial charge < -0.3 is 20.1 Å². The maximum Gasteiger partial charge on any atom is 0.228 e. The van der Waals surface area contributed by atoms with E-state index in [9.17, 15) is 4.79 Å². The molecule has 0 fully saturated rings. The molecule has 0 radical (unpaired) electrons. The topological polar surface area (TPSA) is 59.6 Å². The maximum atomic E-state index is 12.0. The predicted octanol–water partition coefficient (Wildman–Crippen LogP) is 4.09. The van der Waals surface area contributed by atoms with Crippen LogP contribution in [0.4, 0.5) is 5.69 Å². The van der Waals surface area contributed by atoms with Gasteiger partial charge in [0, 0.05) is 18.2 Å². The Morgan fingerprint density at radius 3 is 2.04 bits per heavy atom. The number of carbonyl (C=O) groups excluding carboxylic acids is 1. The third-order valence-electron chi connectivity index (χ3n) is 3.45. The molecular formula is C19H25ClN2O3. The second kappa shape index (κ2) is 10.6. The van der Waals surface area contributed by atoms with E-state index >= 15 is 0 Å². The minimum Gasteiger partial charge on any atom is -0.494 e. The second-order valence-electron chi connectivity index (χ2n) is 5.48. The lowest BCUT2D eigenvalue weighted by atomic mass is 10.1. The number of hydrogen-bond donors (Lipinski definition) is 2. The van der Waals surface area contributed by atoms with Gasteiger partial charge in [0.25, 0.3) is 0 Å². The number of amides is 1. The van der Waals surface area contributed by atoms with Crippen molar-refractivity contribution in [3.8, 4) is 17.2 Å². The Morgan fingerprint density at radius 2 is 1.52 bits per heavy atom. The van der Waals surface area contributed by atoms with Crippen molar-refractivity contribution < 1.29 is 14.3 Å². The fraction of sp³-hybridized carbons (Fsp3) is 0.316. The van der Waals surface area contributed by atoms with Crippen LogP contribution < -0.4 is 20.1 Å². The normalized spacial score (nSPS) is 11.2. The Kier molecular flexibility index (Phi) is 8.81. The Bertz CT molecular complexity index is 645. The highest BCUT2D eigenvalue weighted by molar-refractivity contribution is 5.92. The summed E-state index contributed by atoms with van der Waals surface area (Å²) in [7, 11) is 1.83. The summed E-state index contributed by atoms with van der Waals surface area (Å²) in [5.41, 5.74) is 0.752. The monoisotopic (exact) mass is 364 g/mol. The van der Waals surface area contributed by atoms with Crippen molar-refractivity contribution in [3.05, 3.63) is 48.5 Å². The Hall–Kier alpha value is -2.24. The number of rotatable bonds is 8. The Morgan fingerprint density at radius 1 is 1.00 bits per heavy atom. The molecule has 0 aliphatic carbocycles. The number of benzene rings is 2. The number of carbonyl (C=O) groups is 1. The molecular weight excluding hydrogens is 340 g/mol. The number of anilines is 1. The lowest BCUT2D eigenvalue weighted by molar-refractivity contribution is -0.119. The van der Waals surface area contributed by atoms with Crippen molar-refractivity contribution in [2.45, 2.75) is 13.8 Å². The first-order valence-electron chi connectivity index (χ1n) is 8.08. The molecule has 1 unspecified atom stereocenters. The van der Waals surface area contributed by atoms with Gasteiger partial charge in [0.1, 0.15) is 17.2 Å². The SMILES string of the molecule is CCOc1ccc(Oc2ccc(NC(=O)C(C)CNC)cc2)cc1.Cl. The van der Waals surface area contributed by atoms with Crippen LogP contribution in [0.25, 0.3) is 0 Å². The summed E-state index contributed by atoms with van der Waals surface area (Å²) in [6, 6.07) is 14.8. The zero-order valence-corrected chi connectivity index (χ0v) is 15.6. The van der Waals surface area contributed by atoms with Crippen molar-refractivity contribution in [1.29, 1.82) is 0 Å². The van der Waals surface area contributed by atoms with Crippen LogP contribution in [0, 0.1) is 5.92 Å². The van der Waals surface area contributed by atoms with Gasteiger partial charge in [-0.2, -0.15) is 0 Å². The standard InChI is InChI=1S/C19H24N2O3.ClH/c1-4-23-16-9-11-18(12-10-16)24-17-7-5-15(6-8-17)21-19(22)14(2)13-20-3;/h5-12,14,20H,4,13H2,1-3H3,(H,21,22);1H. The predicted molar refractivity (Wildman–Crippen MR) is 103 cm³/mol. The molecule has 0 saturated carbocycles. The van der Waals surface area contributed by atoms with E-state index in [1.54, 1.807) is 0 Å². The van der Waals surface area contributed by atoms with Gasteiger partial charge in [-0.15, -0.1) is 12.4 Å². The smallest absolute Gasteiger partial charge is 0.228 e. The molecule has 25 heavy (non-hydrogen) atoms. The van der Waals surface area contributed by atoms with E-state index in [1.807, 2.05) is 69.4 Å². The molecule has 2 N–H and O–H groups in total. The molecule has 0 heterocycles. The highest BCUT2D eigenvalue weighted by Gasteiger charge is 2.11. The summed E-state index contributed by atoms with van der Waals surface area (Å²) in [6.45, 7) is 5.12. The maximum absolute atomic E-state index is 12.0. The first-order valence-corrected chi connectivity index (χ1v) is 8.08. The van der Waals surface area contributed by atoms with Gasteiger partial charge in [-0.3, -0.25) is 4.79 Å². The van der Waals surface area contributed by atoms with Crippen LogP contribution in [0.1, 0.15) is 13.8 Å². The van der Waals surface area contributed by atoms with Gasteiger partial charge in [-0.1, -0.05) is 6.92 Å². The summed E-state index contributed by atoms with van der Waals surface area (Å²) in [6.07, 6.45) is 0. The number of ether oxygens (including phenoxy) is 2. The summed E-state index contributed by atoms with van der Waals surface area (Å²) < 4.78 is 11.2. The fourth-order valence-electron chi connectivity index (χ4n) is 2.18. The Labute approximate surface area is 155 Å². The van der Waals surface area contributed by atoms with Crippen molar-refractivity contribution in [2.24, 2.45) is 5.92 Å². The van der Waals surface area contributed by atoms with Crippen molar-refractivity contribution >= 4 is 24.0 Å². The molecule has 0 spiro atoms. The van der Waals surface area contributed by atoms with Gasteiger partial charge in [-0.25, -0.2) is 0 Å². The molecule has 5 nitrogen and oxygen atoms in total. The van der Waals surface area contributed by atoms with E-state index in [0.717, 1.165) is 17.2 Å². The highest BCUT2D eigenvalue weighted by atomic mass is 35.5. The summed E-state index contributed by atoms with van der Waals surface area (Å²) in [5.74, 6) is 2.16. The first-order chi connectivity index (χ1) is 11.6. The molecule has 0 aromatic heterocycles. The second-order valence-corrected chi connectivity index (χ2v) is 5.48. The number of hydrogen-bond acceptors (Lipinski definition) is 4. The van der Waals surface area contributed by atoms with Crippen molar-refractivity contribution in [3.63, 3.8) is 0 Å². The van der Waals surface area contributed by atoms with Crippen LogP contribution in [0.15, 0.2) is 48.5 Å². The summed E-state index contributed by atoms with van der Waals surface area (Å²) in [4.78, 5) is 12.0. The zero-order valence-electron chi connectivity index (χ0n) is 14.7. The average Bonchev–Trinajstić information content (AvgIpc) is 2.59. The molecule has 0 bridgehead atoms. The van der Waals surface area contributed by atoms with E-state index in [-0.39, 0.29) is 24.2 Å². The van der Waals surface area contributed by atoms with Gasteiger partial charge in [0.15, 0.2) is 0 Å². The molecule has 2 aromatic carbocycles. The first kappa shape index (κ1) is 20.8. The molecule has 6 heteroatoms. The van der Waals surface area contributed by atoms with Crippen LogP contribution in [0.2, 0.25) is 0 Å². The van der Waals surface area contributed by atoms with Gasteiger partial charge >= 0.3 is 0 Å². The number of nitrogens with one attached hydrogen (secondary N) is 2. The van der Waals surface area contributed by atoms with E-state index < -0.39 is 0 Å². The molecule has 136 valence electrons. The molecule has 0 saturated heterocycles. The largest absolute Gasteiger partial charge is 0.494 e. The lowest BCUT2D eigenvalue weighted by Gasteiger charge is -2.12. The highest BCUT2D eigenvalue weighted by Crippen LogP contribution is 2.25. The van der Waals surface area contributed by atoms with Gasteiger partial charge in [-0.05, 0) is 62.5 Å². The molecule has 0 aliphatic rings. The number of halogens is 1. The van der Waals surface area contributed by atoms with Crippen LogP contribution in [0.5, 0.6) is 17.2 Å². The molecule has 0 aliphatic heterocycles. The summed E-state index contributed by atoms with van der Waals surface area (Å²) >= 11 is 0. The van der Waals surface area contributed by atoms with Gasteiger partial charge in [0.2, 0.25) is 5.91 Å². The van der Waals surface area contributed by atoms with E-state index in [4.69, 9.17) is 9.47 Å². The zero-order chi connectivity index (χ0) is 17.4. The third-order valence-corrected chi connectivity index (χ3v) is 3.45. The van der Waals surface area contributed by atoms with Crippen LogP contribution in [-0.2, 0) is 4.79 Å². The fourth-order valence-corrected chi connectivity index (χ4v) is 2.18. The van der Waals surface area contributed by atoms with E-state index in [1.165, 1.54) is 0 Å². The lowest BCUT2D eigenvalue weighted by Crippen LogP contribution is -2.28. The van der Waals surface area contributed by atoms with Crippen molar-refractivity contribution in [2.75, 3.05) is 25.5 Å². The molecule has 2 aromatic rings. The van der Waals surface area contributed by atoms with E-state index in [2.05, 4.69) is 10.6 Å². The minimum absolute atomic E-state index is 0. The van der Waals surface area contributed by atoms with Crippen LogP contribution in [-0.4, -0.2) is 26.1 Å². The Balaban J connectivity index is 0.00000312. The quantitative estimate of drug-likeness (QED) is 0.740. The van der Waals surface area contributed by atoms with E-state index in [0.29, 0.717) is 18.9 Å². The molecule has 1 atom stereocenters. The van der Waals surface area contributed by atoms with Crippen LogP contribution in [0.3, 0.4) is 0 Å². The molecule has 2 rings (SSSR count). The summed E-state index contributed by atoms with van der Waals surface area (Å²) in [5, 5.41) is 5.88. The third kappa shape index (κ3) is 6.64. The van der Waals surface area contributed by atoms with Gasteiger partial charge in [0.05, 0.1) is 6.61 Å². The molecule has 1 amide bonds.